The zero-order valence-corrected chi connectivity index (χ0v) is 18.2. The molecule has 3 rings (SSSR count). The summed E-state index contributed by atoms with van der Waals surface area (Å²) < 4.78 is 27.5. The number of piperidine rings is 1. The van der Waals surface area contributed by atoms with Crippen LogP contribution in [0.3, 0.4) is 0 Å². The van der Waals surface area contributed by atoms with Crippen molar-refractivity contribution in [2.45, 2.75) is 12.8 Å². The van der Waals surface area contributed by atoms with Gasteiger partial charge in [0.2, 0.25) is 5.91 Å². The highest BCUT2D eigenvalue weighted by Crippen LogP contribution is 2.22. The quantitative estimate of drug-likeness (QED) is 0.697. The summed E-state index contributed by atoms with van der Waals surface area (Å²) in [5.41, 5.74) is 1.19. The fourth-order valence-corrected chi connectivity index (χ4v) is 5.09. The number of piperazine rings is 1. The lowest BCUT2D eigenvalue weighted by Gasteiger charge is -2.38. The molecule has 8 heteroatoms. The molecule has 160 valence electrons. The molecule has 0 spiro atoms. The summed E-state index contributed by atoms with van der Waals surface area (Å²) in [5.74, 6) is -0.133. The molecule has 2 aliphatic heterocycles. The van der Waals surface area contributed by atoms with Crippen LogP contribution in [0.15, 0.2) is 36.4 Å². The van der Waals surface area contributed by atoms with E-state index >= 15 is 0 Å². The number of nitrogens with zero attached hydrogens (tertiary/aromatic N) is 4. The van der Waals surface area contributed by atoms with Gasteiger partial charge in [0.05, 0.1) is 5.92 Å². The highest BCUT2D eigenvalue weighted by molar-refractivity contribution is 7.86. The highest BCUT2D eigenvalue weighted by atomic mass is 32.2. The summed E-state index contributed by atoms with van der Waals surface area (Å²) in [7, 11) is -0.391. The van der Waals surface area contributed by atoms with Crippen molar-refractivity contribution >= 4 is 22.2 Å². The Balaban J connectivity index is 1.48. The predicted molar refractivity (Wildman–Crippen MR) is 115 cm³/mol. The lowest BCUT2D eigenvalue weighted by Crippen LogP contribution is -2.53. The maximum Gasteiger partial charge on any atom is 0.281 e. The second kappa shape index (κ2) is 9.84. The summed E-state index contributed by atoms with van der Waals surface area (Å²) >= 11 is 0. The Morgan fingerprint density at radius 2 is 1.79 bits per heavy atom. The molecular formula is C21H32N4O3S. The van der Waals surface area contributed by atoms with E-state index in [9.17, 15) is 13.2 Å². The van der Waals surface area contributed by atoms with Crippen LogP contribution in [-0.4, -0.2) is 92.6 Å². The van der Waals surface area contributed by atoms with Crippen LogP contribution in [0.1, 0.15) is 18.4 Å². The van der Waals surface area contributed by atoms with E-state index in [0.29, 0.717) is 26.2 Å². The van der Waals surface area contributed by atoms with Crippen LogP contribution in [0.4, 0.5) is 0 Å². The zero-order valence-electron chi connectivity index (χ0n) is 17.4. The second-order valence-electron chi connectivity index (χ2n) is 7.93. The van der Waals surface area contributed by atoms with Crippen molar-refractivity contribution in [2.24, 2.45) is 5.92 Å². The molecule has 2 aliphatic rings. The molecule has 1 amide bonds. The fraction of sp³-hybridized carbons (Fsp3) is 0.571. The highest BCUT2D eigenvalue weighted by Gasteiger charge is 2.35. The summed E-state index contributed by atoms with van der Waals surface area (Å²) in [6, 6.07) is 10.2. The summed E-state index contributed by atoms with van der Waals surface area (Å²) in [5, 5.41) is 0. The van der Waals surface area contributed by atoms with E-state index in [1.165, 1.54) is 28.3 Å². The van der Waals surface area contributed by atoms with E-state index in [1.807, 2.05) is 23.1 Å². The first kappa shape index (κ1) is 22.0. The largest absolute Gasteiger partial charge is 0.340 e. The maximum atomic E-state index is 13.0. The van der Waals surface area contributed by atoms with Gasteiger partial charge in [-0.25, -0.2) is 0 Å². The molecular weight excluding hydrogens is 388 g/mol. The van der Waals surface area contributed by atoms with Crippen molar-refractivity contribution in [1.82, 2.24) is 18.4 Å². The SMILES string of the molecule is CN(C)S(=O)(=O)N1CCC[C@@H](C(=O)N2CCN(C/C=C/c3ccccc3)CC2)C1. The van der Waals surface area contributed by atoms with Crippen LogP contribution in [-0.2, 0) is 15.0 Å². The third-order valence-electron chi connectivity index (χ3n) is 5.68. The first-order valence-electron chi connectivity index (χ1n) is 10.3. The minimum absolute atomic E-state index is 0.100. The summed E-state index contributed by atoms with van der Waals surface area (Å²) in [6.45, 7) is 4.75. The molecule has 7 nitrogen and oxygen atoms in total. The monoisotopic (exact) mass is 420 g/mol. The molecule has 0 bridgehead atoms. The van der Waals surface area contributed by atoms with Gasteiger partial charge in [0, 0.05) is 59.9 Å². The number of rotatable bonds is 6. The van der Waals surface area contributed by atoms with Crippen molar-refractivity contribution in [1.29, 1.82) is 0 Å². The average Bonchev–Trinajstić information content (AvgIpc) is 2.74. The molecule has 1 aromatic rings. The Kier molecular flexibility index (Phi) is 7.45. The smallest absolute Gasteiger partial charge is 0.281 e. The Hall–Kier alpha value is -1.74. The minimum atomic E-state index is -3.46. The molecule has 0 saturated carbocycles. The van der Waals surface area contributed by atoms with Crippen molar-refractivity contribution in [2.75, 3.05) is 59.9 Å². The van der Waals surface area contributed by atoms with Gasteiger partial charge in [-0.3, -0.25) is 9.69 Å². The number of amides is 1. The minimum Gasteiger partial charge on any atom is -0.340 e. The van der Waals surface area contributed by atoms with Crippen molar-refractivity contribution in [3.8, 4) is 0 Å². The van der Waals surface area contributed by atoms with Gasteiger partial charge in [-0.05, 0) is 18.4 Å². The van der Waals surface area contributed by atoms with Crippen LogP contribution in [0, 0.1) is 5.92 Å². The van der Waals surface area contributed by atoms with Gasteiger partial charge >= 0.3 is 0 Å². The molecule has 29 heavy (non-hydrogen) atoms. The van der Waals surface area contributed by atoms with Gasteiger partial charge in [-0.2, -0.15) is 17.0 Å². The van der Waals surface area contributed by atoms with Gasteiger partial charge in [0.1, 0.15) is 0 Å². The van der Waals surface area contributed by atoms with Gasteiger partial charge in [0.15, 0.2) is 0 Å². The van der Waals surface area contributed by atoms with Crippen LogP contribution >= 0.6 is 0 Å². The number of carbonyl (C=O) groups is 1. The number of hydrogen-bond acceptors (Lipinski definition) is 4. The molecule has 0 radical (unpaired) electrons. The van der Waals surface area contributed by atoms with Crippen LogP contribution in [0.5, 0.6) is 0 Å². The molecule has 2 fully saturated rings. The Bertz CT molecular complexity index is 802. The summed E-state index contributed by atoms with van der Waals surface area (Å²) in [4.78, 5) is 17.2. The first-order valence-corrected chi connectivity index (χ1v) is 11.7. The van der Waals surface area contributed by atoms with Gasteiger partial charge in [-0.15, -0.1) is 0 Å². The third-order valence-corrected chi connectivity index (χ3v) is 7.59. The van der Waals surface area contributed by atoms with E-state index in [2.05, 4.69) is 29.2 Å². The third kappa shape index (κ3) is 5.66. The van der Waals surface area contributed by atoms with Crippen LogP contribution in [0.25, 0.3) is 6.08 Å². The van der Waals surface area contributed by atoms with E-state index < -0.39 is 10.2 Å². The molecule has 0 aromatic heterocycles. The van der Waals surface area contributed by atoms with E-state index in [1.54, 1.807) is 0 Å². The molecule has 1 atom stereocenters. The predicted octanol–water partition coefficient (Wildman–Crippen LogP) is 1.36. The van der Waals surface area contributed by atoms with Crippen LogP contribution in [0.2, 0.25) is 0 Å². The van der Waals surface area contributed by atoms with Crippen LogP contribution < -0.4 is 0 Å². The Morgan fingerprint density at radius 1 is 1.10 bits per heavy atom. The molecule has 0 N–H and O–H groups in total. The van der Waals surface area contributed by atoms with Gasteiger partial charge in [-0.1, -0.05) is 42.5 Å². The number of hydrogen-bond donors (Lipinski definition) is 0. The van der Waals surface area contributed by atoms with E-state index in [0.717, 1.165) is 32.5 Å². The average molecular weight is 421 g/mol. The normalized spacial score (nSPS) is 22.4. The lowest BCUT2D eigenvalue weighted by molar-refractivity contribution is -0.138. The second-order valence-corrected chi connectivity index (χ2v) is 10.1. The molecule has 1 aromatic carbocycles. The molecule has 0 aliphatic carbocycles. The van der Waals surface area contributed by atoms with Crippen molar-refractivity contribution in [3.05, 3.63) is 42.0 Å². The Labute approximate surface area is 174 Å². The zero-order chi connectivity index (χ0) is 20.9. The number of benzene rings is 1. The number of carbonyl (C=O) groups excluding carboxylic acids is 1. The van der Waals surface area contributed by atoms with Gasteiger partial charge in [0.25, 0.3) is 10.2 Å². The van der Waals surface area contributed by atoms with Crippen molar-refractivity contribution in [3.63, 3.8) is 0 Å². The van der Waals surface area contributed by atoms with E-state index in [-0.39, 0.29) is 11.8 Å². The molecule has 2 heterocycles. The summed E-state index contributed by atoms with van der Waals surface area (Å²) in [6.07, 6.45) is 5.78. The standard InChI is InChI=1S/C21H32N4O3S/c1-22(2)29(27,28)25-13-7-11-20(18-25)21(26)24-16-14-23(15-17-24)12-6-10-19-8-4-3-5-9-19/h3-6,8-10,20H,7,11-18H2,1-2H3/b10-6+/t20-/m1/s1. The fourth-order valence-electron chi connectivity index (χ4n) is 3.90. The topological polar surface area (TPSA) is 64.2 Å². The lowest BCUT2D eigenvalue weighted by atomic mass is 9.98. The first-order chi connectivity index (χ1) is 13.9. The molecule has 2 saturated heterocycles. The van der Waals surface area contributed by atoms with E-state index in [4.69, 9.17) is 0 Å². The maximum absolute atomic E-state index is 13.0. The molecule has 0 unspecified atom stereocenters. The Morgan fingerprint density at radius 3 is 2.45 bits per heavy atom. The van der Waals surface area contributed by atoms with Crippen molar-refractivity contribution < 1.29 is 13.2 Å². The van der Waals surface area contributed by atoms with Gasteiger partial charge < -0.3 is 4.90 Å².